The number of nitriles is 1. The second-order valence-corrected chi connectivity index (χ2v) is 8.17. The number of urea groups is 1. The molecule has 7 nitrogen and oxygen atoms in total. The highest BCUT2D eigenvalue weighted by molar-refractivity contribution is 7.98. The lowest BCUT2D eigenvalue weighted by Crippen LogP contribution is -2.44. The summed E-state index contributed by atoms with van der Waals surface area (Å²) >= 11 is 0.425. The van der Waals surface area contributed by atoms with Crippen molar-refractivity contribution in [2.45, 2.75) is 30.5 Å². The molecule has 0 aromatic heterocycles. The molecule has 1 fully saturated rings. The Morgan fingerprint density at radius 1 is 1.16 bits per heavy atom. The minimum atomic E-state index is -4.82. The number of hydrogen-bond donors (Lipinski definition) is 1. The second kappa shape index (κ2) is 7.83. The van der Waals surface area contributed by atoms with Gasteiger partial charge in [0.1, 0.15) is 11.4 Å². The summed E-state index contributed by atoms with van der Waals surface area (Å²) in [5, 5.41) is 17.9. The maximum absolute atomic E-state index is 14.1. The molecule has 0 unspecified atom stereocenters. The van der Waals surface area contributed by atoms with Crippen molar-refractivity contribution in [3.63, 3.8) is 0 Å². The highest BCUT2D eigenvalue weighted by Gasteiger charge is 2.53. The van der Waals surface area contributed by atoms with Gasteiger partial charge in [-0.3, -0.25) is 9.69 Å². The number of nitrogens with zero attached hydrogens (tertiary/aromatic N) is 3. The number of halogens is 4. The van der Waals surface area contributed by atoms with E-state index in [1.807, 2.05) is 0 Å². The van der Waals surface area contributed by atoms with Crippen LogP contribution in [-0.2, 0) is 11.0 Å². The number of anilines is 1. The summed E-state index contributed by atoms with van der Waals surface area (Å²) in [4.78, 5) is 37.6. The van der Waals surface area contributed by atoms with Crippen LogP contribution in [0.1, 0.15) is 35.3 Å². The predicted molar refractivity (Wildman–Crippen MR) is 104 cm³/mol. The van der Waals surface area contributed by atoms with E-state index in [0.717, 1.165) is 35.2 Å². The molecule has 12 heteroatoms. The molecule has 0 spiro atoms. The topological polar surface area (TPSA) is 102 Å². The van der Waals surface area contributed by atoms with Crippen LogP contribution in [0.5, 0.6) is 0 Å². The summed E-state index contributed by atoms with van der Waals surface area (Å²) in [5.41, 5.74) is -4.10. The van der Waals surface area contributed by atoms with Crippen molar-refractivity contribution in [2.75, 3.05) is 4.90 Å². The van der Waals surface area contributed by atoms with Crippen molar-refractivity contribution in [3.05, 3.63) is 58.9 Å². The number of alkyl halides is 3. The molecular formula is C20H13F4N3O4S. The molecule has 2 aromatic rings. The maximum atomic E-state index is 14.1. The lowest BCUT2D eigenvalue weighted by atomic mass is 10.0. The minimum absolute atomic E-state index is 0.102. The SMILES string of the molecule is CC1(C)C(=O)N(Sc2ccc(C#N)c(C(F)(F)F)c2)C(=O)N1c1ccc(C(=O)O)c(F)c1. The van der Waals surface area contributed by atoms with E-state index in [1.165, 1.54) is 19.9 Å². The normalized spacial score (nSPS) is 15.8. The van der Waals surface area contributed by atoms with E-state index in [0.29, 0.717) is 22.3 Å². The largest absolute Gasteiger partial charge is 0.478 e. The molecule has 0 aliphatic carbocycles. The summed E-state index contributed by atoms with van der Waals surface area (Å²) in [6, 6.07) is 6.10. The molecule has 1 saturated heterocycles. The zero-order valence-corrected chi connectivity index (χ0v) is 17.2. The van der Waals surface area contributed by atoms with Gasteiger partial charge in [0.05, 0.1) is 22.8 Å². The number of aromatic carboxylic acids is 1. The van der Waals surface area contributed by atoms with Crippen molar-refractivity contribution < 1.29 is 37.1 Å². The van der Waals surface area contributed by atoms with Gasteiger partial charge >= 0.3 is 18.2 Å². The molecule has 32 heavy (non-hydrogen) atoms. The van der Waals surface area contributed by atoms with Crippen molar-refractivity contribution in [2.24, 2.45) is 0 Å². The third kappa shape index (κ3) is 3.87. The van der Waals surface area contributed by atoms with Gasteiger partial charge in [0, 0.05) is 10.6 Å². The van der Waals surface area contributed by atoms with E-state index in [9.17, 15) is 31.9 Å². The average Bonchev–Trinajstić information content (AvgIpc) is 2.86. The van der Waals surface area contributed by atoms with Crippen molar-refractivity contribution >= 4 is 35.5 Å². The van der Waals surface area contributed by atoms with Gasteiger partial charge < -0.3 is 5.11 Å². The first-order valence-electron chi connectivity index (χ1n) is 8.80. The van der Waals surface area contributed by atoms with Gasteiger partial charge in [0.2, 0.25) is 0 Å². The summed E-state index contributed by atoms with van der Waals surface area (Å²) in [5.74, 6) is -3.43. The number of carboxylic acids is 1. The van der Waals surface area contributed by atoms with E-state index in [-0.39, 0.29) is 10.6 Å². The lowest BCUT2D eigenvalue weighted by Gasteiger charge is -2.27. The first-order chi connectivity index (χ1) is 14.8. The molecule has 0 atom stereocenters. The Kier molecular flexibility index (Phi) is 5.65. The fraction of sp³-hybridized carbons (Fsp3) is 0.200. The van der Waals surface area contributed by atoms with Crippen LogP contribution in [0.4, 0.5) is 28.0 Å². The summed E-state index contributed by atoms with van der Waals surface area (Å²) in [6.45, 7) is 2.72. The van der Waals surface area contributed by atoms with Crippen LogP contribution in [0.2, 0.25) is 0 Å². The number of hydrogen-bond acceptors (Lipinski definition) is 5. The molecule has 1 aliphatic heterocycles. The van der Waals surface area contributed by atoms with E-state index >= 15 is 0 Å². The lowest BCUT2D eigenvalue weighted by molar-refractivity contribution is -0.138. The summed E-state index contributed by atoms with van der Waals surface area (Å²) in [6.07, 6.45) is -4.82. The molecule has 3 amide bonds. The average molecular weight is 467 g/mol. The second-order valence-electron chi connectivity index (χ2n) is 7.15. The fourth-order valence-corrected chi connectivity index (χ4v) is 4.09. The molecule has 1 heterocycles. The molecule has 1 aliphatic rings. The summed E-state index contributed by atoms with van der Waals surface area (Å²) in [7, 11) is 0. The van der Waals surface area contributed by atoms with Crippen molar-refractivity contribution in [3.8, 4) is 6.07 Å². The predicted octanol–water partition coefficient (Wildman–Crippen LogP) is 4.67. The van der Waals surface area contributed by atoms with Crippen LogP contribution in [0.15, 0.2) is 41.3 Å². The number of imide groups is 1. The van der Waals surface area contributed by atoms with Gasteiger partial charge in [-0.05, 0) is 62.2 Å². The highest BCUT2D eigenvalue weighted by Crippen LogP contribution is 2.41. The minimum Gasteiger partial charge on any atom is -0.478 e. The van der Waals surface area contributed by atoms with Gasteiger partial charge in [-0.15, -0.1) is 0 Å². The van der Waals surface area contributed by atoms with Crippen LogP contribution < -0.4 is 4.90 Å². The Morgan fingerprint density at radius 2 is 1.81 bits per heavy atom. The van der Waals surface area contributed by atoms with Gasteiger partial charge in [-0.2, -0.15) is 22.7 Å². The maximum Gasteiger partial charge on any atom is 0.417 e. The third-order valence-corrected chi connectivity index (χ3v) is 5.66. The van der Waals surface area contributed by atoms with Gasteiger partial charge in [-0.25, -0.2) is 14.0 Å². The fourth-order valence-electron chi connectivity index (χ4n) is 3.11. The van der Waals surface area contributed by atoms with E-state index in [4.69, 9.17) is 10.4 Å². The van der Waals surface area contributed by atoms with Crippen LogP contribution in [0.3, 0.4) is 0 Å². The quantitative estimate of drug-likeness (QED) is 0.398. The zero-order valence-electron chi connectivity index (χ0n) is 16.4. The summed E-state index contributed by atoms with van der Waals surface area (Å²) < 4.78 is 54.4. The number of carbonyl (C=O) groups excluding carboxylic acids is 2. The van der Waals surface area contributed by atoms with E-state index in [2.05, 4.69) is 0 Å². The Labute approximate surface area is 183 Å². The highest BCUT2D eigenvalue weighted by atomic mass is 32.2. The van der Waals surface area contributed by atoms with Gasteiger partial charge in [-0.1, -0.05) is 0 Å². The molecule has 3 rings (SSSR count). The van der Waals surface area contributed by atoms with Gasteiger partial charge in [0.25, 0.3) is 5.91 Å². The van der Waals surface area contributed by atoms with E-state index in [1.54, 1.807) is 0 Å². The van der Waals surface area contributed by atoms with Gasteiger partial charge in [0.15, 0.2) is 0 Å². The number of rotatable bonds is 4. The van der Waals surface area contributed by atoms with Crippen LogP contribution in [0, 0.1) is 17.1 Å². The molecule has 2 aromatic carbocycles. The molecule has 166 valence electrons. The van der Waals surface area contributed by atoms with Crippen LogP contribution >= 0.6 is 11.9 Å². The van der Waals surface area contributed by atoms with Crippen molar-refractivity contribution in [1.29, 1.82) is 5.26 Å². The molecule has 0 saturated carbocycles. The molecule has 0 bridgehead atoms. The Balaban J connectivity index is 1.98. The number of carboxylic acid groups (broad SMARTS) is 1. The monoisotopic (exact) mass is 467 g/mol. The molecule has 1 N–H and O–H groups in total. The molecular weight excluding hydrogens is 454 g/mol. The first-order valence-corrected chi connectivity index (χ1v) is 9.57. The smallest absolute Gasteiger partial charge is 0.417 e. The van der Waals surface area contributed by atoms with E-state index < -0.39 is 52.1 Å². The number of carbonyl (C=O) groups is 3. The third-order valence-electron chi connectivity index (χ3n) is 4.69. The Hall–Kier alpha value is -3.59. The Bertz CT molecular complexity index is 1190. The van der Waals surface area contributed by atoms with Crippen LogP contribution in [-0.4, -0.2) is 32.9 Å². The Morgan fingerprint density at radius 3 is 2.34 bits per heavy atom. The standard InChI is InChI=1S/C20H13F4N3O4S/c1-19(2)17(30)27(32-12-5-3-10(9-25)14(8-12)20(22,23)24)18(31)26(19)11-4-6-13(16(28)29)15(21)7-11/h3-8H,1-2H3,(H,28,29). The van der Waals surface area contributed by atoms with Crippen molar-refractivity contribution in [1.82, 2.24) is 4.31 Å². The number of benzene rings is 2. The number of amides is 3. The first kappa shape index (κ1) is 23.1. The molecule has 0 radical (unpaired) electrons. The van der Waals surface area contributed by atoms with Crippen LogP contribution in [0.25, 0.3) is 0 Å². The zero-order chi connectivity index (χ0) is 24.0.